The van der Waals surface area contributed by atoms with Crippen molar-refractivity contribution in [3.05, 3.63) is 154 Å². The summed E-state index contributed by atoms with van der Waals surface area (Å²) in [6.07, 6.45) is 5.60. The number of nitrogens with zero attached hydrogens (tertiary/aromatic N) is 5. The van der Waals surface area contributed by atoms with Crippen LogP contribution in [0.3, 0.4) is 0 Å². The molecule has 1 saturated heterocycles. The first-order chi connectivity index (χ1) is 23.2. The predicted molar refractivity (Wildman–Crippen MR) is 173 cm³/mol. The molecule has 0 bridgehead atoms. The summed E-state index contributed by atoms with van der Waals surface area (Å²) in [4.78, 5) is 43.0. The summed E-state index contributed by atoms with van der Waals surface area (Å²) in [7, 11) is 0. The Morgan fingerprint density at radius 3 is 2.12 bits per heavy atom. The van der Waals surface area contributed by atoms with E-state index in [2.05, 4.69) is 10.00 Å². The van der Waals surface area contributed by atoms with E-state index in [-0.39, 0.29) is 37.2 Å². The number of pyridine rings is 1. The Morgan fingerprint density at radius 1 is 0.812 bits per heavy atom. The molecule has 12 heteroatoms. The number of aromatic nitrogens is 3. The fraction of sp³-hybridized carbons (Fsp3) is 0.167. The number of aliphatic hydroxyl groups excluding tert-OH is 1. The highest BCUT2D eigenvalue weighted by atomic mass is 19.2. The van der Waals surface area contributed by atoms with Gasteiger partial charge < -0.3 is 19.5 Å². The predicted octanol–water partition coefficient (Wildman–Crippen LogP) is 4.91. The molecule has 2 aromatic heterocycles. The summed E-state index contributed by atoms with van der Waals surface area (Å²) in [5, 5.41) is 15.2. The molecule has 3 aromatic carbocycles. The molecule has 9 nitrogen and oxygen atoms in total. The number of anilines is 1. The van der Waals surface area contributed by atoms with Gasteiger partial charge in [-0.05, 0) is 71.6 Å². The van der Waals surface area contributed by atoms with Crippen molar-refractivity contribution in [2.45, 2.75) is 13.0 Å². The van der Waals surface area contributed by atoms with Gasteiger partial charge in [-0.1, -0.05) is 30.3 Å². The van der Waals surface area contributed by atoms with Crippen molar-refractivity contribution >= 4 is 23.1 Å². The minimum atomic E-state index is -1.60. The van der Waals surface area contributed by atoms with Crippen LogP contribution in [0.1, 0.15) is 22.3 Å². The first-order valence-electron chi connectivity index (χ1n) is 15.2. The number of amides is 1. The van der Waals surface area contributed by atoms with Crippen molar-refractivity contribution in [3.8, 4) is 5.69 Å². The molecule has 0 atom stereocenters. The fourth-order valence-electron chi connectivity index (χ4n) is 5.65. The quantitative estimate of drug-likeness (QED) is 0.105. The van der Waals surface area contributed by atoms with E-state index in [1.807, 2.05) is 42.6 Å². The lowest BCUT2D eigenvalue weighted by atomic mass is 10.0. The van der Waals surface area contributed by atoms with Crippen LogP contribution in [0.15, 0.2) is 108 Å². The number of ketones is 1. The van der Waals surface area contributed by atoms with Gasteiger partial charge in [0.1, 0.15) is 5.76 Å². The number of carbonyl (C=O) groups excluding carboxylic acids is 2. The topological polar surface area (TPSA) is 101 Å². The van der Waals surface area contributed by atoms with Crippen molar-refractivity contribution in [3.63, 3.8) is 0 Å². The molecule has 0 spiro atoms. The van der Waals surface area contributed by atoms with Crippen LogP contribution in [0.2, 0.25) is 0 Å². The Labute approximate surface area is 273 Å². The van der Waals surface area contributed by atoms with Crippen molar-refractivity contribution in [1.29, 1.82) is 0 Å². The standard InChI is InChI=1S/C36H30F3N5O4/c37-30-19-25(20-31(38)34(30)39)17-26-18-29(35(47)43(23-26)22-24-5-2-1-3-6-24)32(45)21-33(46)36(48)42-15-13-41(14-16-42)27-7-9-28(10-8-27)44-12-4-11-40-44/h1-12,18-21,23,45H,13-17,22H2. The number of halogens is 3. The summed E-state index contributed by atoms with van der Waals surface area (Å²) in [6, 6.07) is 21.6. The van der Waals surface area contributed by atoms with E-state index < -0.39 is 40.5 Å². The van der Waals surface area contributed by atoms with Gasteiger partial charge in [-0.3, -0.25) is 14.4 Å². The van der Waals surface area contributed by atoms with Crippen molar-refractivity contribution in [2.75, 3.05) is 31.1 Å². The smallest absolute Gasteiger partial charge is 0.294 e. The van der Waals surface area contributed by atoms with Crippen LogP contribution in [-0.2, 0) is 22.6 Å². The summed E-state index contributed by atoms with van der Waals surface area (Å²) < 4.78 is 44.4. The number of benzene rings is 3. The number of carbonyl (C=O) groups is 2. The van der Waals surface area contributed by atoms with Crippen molar-refractivity contribution in [1.82, 2.24) is 19.2 Å². The number of piperazine rings is 1. The molecule has 5 aromatic rings. The molecule has 0 radical (unpaired) electrons. The highest BCUT2D eigenvalue weighted by Gasteiger charge is 2.26. The molecule has 1 amide bonds. The average Bonchev–Trinajstić information content (AvgIpc) is 3.64. The maximum absolute atomic E-state index is 13.9. The lowest BCUT2D eigenvalue weighted by Crippen LogP contribution is -2.50. The second-order valence-electron chi connectivity index (χ2n) is 11.4. The Balaban J connectivity index is 1.19. The van der Waals surface area contributed by atoms with Gasteiger partial charge >= 0.3 is 0 Å². The summed E-state index contributed by atoms with van der Waals surface area (Å²) in [5.41, 5.74) is 2.12. The largest absolute Gasteiger partial charge is 0.507 e. The van der Waals surface area contributed by atoms with Crippen LogP contribution >= 0.6 is 0 Å². The Bertz CT molecular complexity index is 2010. The third-order valence-electron chi connectivity index (χ3n) is 8.10. The lowest BCUT2D eigenvalue weighted by molar-refractivity contribution is -0.142. The van der Waals surface area contributed by atoms with Gasteiger partial charge in [-0.25, -0.2) is 17.9 Å². The molecule has 1 aliphatic rings. The van der Waals surface area contributed by atoms with Gasteiger partial charge in [0.25, 0.3) is 11.5 Å². The Kier molecular flexibility index (Phi) is 9.24. The monoisotopic (exact) mass is 653 g/mol. The fourth-order valence-corrected chi connectivity index (χ4v) is 5.65. The average molecular weight is 654 g/mol. The van der Waals surface area contributed by atoms with E-state index in [4.69, 9.17) is 0 Å². The normalized spacial score (nSPS) is 13.5. The molecule has 6 rings (SSSR count). The highest BCUT2D eigenvalue weighted by Crippen LogP contribution is 2.21. The Hall–Kier alpha value is -5.91. The van der Waals surface area contributed by atoms with Crippen molar-refractivity contribution < 1.29 is 27.9 Å². The van der Waals surface area contributed by atoms with E-state index in [0.29, 0.717) is 24.7 Å². The van der Waals surface area contributed by atoms with Crippen LogP contribution in [-0.4, -0.2) is 62.2 Å². The molecule has 0 unspecified atom stereocenters. The van der Waals surface area contributed by atoms with Gasteiger partial charge in [-0.15, -0.1) is 0 Å². The van der Waals surface area contributed by atoms with Crippen LogP contribution in [0.5, 0.6) is 0 Å². The van der Waals surface area contributed by atoms with Crippen LogP contribution in [0.4, 0.5) is 18.9 Å². The molecule has 3 heterocycles. The molecule has 244 valence electrons. The third kappa shape index (κ3) is 7.07. The second-order valence-corrected chi connectivity index (χ2v) is 11.4. The molecule has 0 saturated carbocycles. The van der Waals surface area contributed by atoms with Crippen molar-refractivity contribution in [2.24, 2.45) is 0 Å². The first kappa shape index (κ1) is 32.0. The molecular formula is C36H30F3N5O4. The summed E-state index contributed by atoms with van der Waals surface area (Å²) in [5.74, 6) is -6.88. The van der Waals surface area contributed by atoms with Crippen LogP contribution in [0, 0.1) is 17.5 Å². The third-order valence-corrected chi connectivity index (χ3v) is 8.10. The van der Waals surface area contributed by atoms with Gasteiger partial charge in [0.15, 0.2) is 17.5 Å². The van der Waals surface area contributed by atoms with Gasteiger partial charge in [0, 0.05) is 56.5 Å². The highest BCUT2D eigenvalue weighted by molar-refractivity contribution is 6.41. The second kappa shape index (κ2) is 13.8. The maximum atomic E-state index is 13.9. The molecule has 1 fully saturated rings. The number of aliphatic hydroxyl groups is 1. The minimum Gasteiger partial charge on any atom is -0.507 e. The summed E-state index contributed by atoms with van der Waals surface area (Å²) >= 11 is 0. The molecule has 1 aliphatic heterocycles. The van der Waals surface area contributed by atoms with Gasteiger partial charge in [0.2, 0.25) is 5.78 Å². The molecule has 0 aliphatic carbocycles. The molecule has 48 heavy (non-hydrogen) atoms. The SMILES string of the molecule is O=C(C=C(O)c1cc(Cc2cc(F)c(F)c(F)c2)cn(Cc2ccccc2)c1=O)C(=O)N1CCN(c2ccc(-n3cccn3)cc2)CC1. The van der Waals surface area contributed by atoms with E-state index in [0.717, 1.165) is 29.1 Å². The van der Waals surface area contributed by atoms with Crippen LogP contribution < -0.4 is 10.5 Å². The Morgan fingerprint density at radius 2 is 1.48 bits per heavy atom. The zero-order chi connectivity index (χ0) is 33.8. The first-order valence-corrected chi connectivity index (χ1v) is 15.2. The van der Waals surface area contributed by atoms with E-state index >= 15 is 0 Å². The maximum Gasteiger partial charge on any atom is 0.294 e. The van der Waals surface area contributed by atoms with Gasteiger partial charge in [-0.2, -0.15) is 5.10 Å². The molecule has 1 N–H and O–H groups in total. The molecular weight excluding hydrogens is 623 g/mol. The van der Waals surface area contributed by atoms with E-state index in [1.165, 1.54) is 21.7 Å². The number of hydrogen-bond donors (Lipinski definition) is 1. The van der Waals surface area contributed by atoms with Crippen LogP contribution in [0.25, 0.3) is 11.4 Å². The zero-order valence-corrected chi connectivity index (χ0v) is 25.6. The van der Waals surface area contributed by atoms with Gasteiger partial charge in [0.05, 0.1) is 17.8 Å². The summed E-state index contributed by atoms with van der Waals surface area (Å²) in [6.45, 7) is 1.58. The van der Waals surface area contributed by atoms with E-state index in [9.17, 15) is 32.7 Å². The lowest BCUT2D eigenvalue weighted by Gasteiger charge is -2.35. The van der Waals surface area contributed by atoms with E-state index in [1.54, 1.807) is 35.1 Å². The number of hydrogen-bond acceptors (Lipinski definition) is 6. The number of rotatable bonds is 9. The zero-order valence-electron chi connectivity index (χ0n) is 25.6. The minimum absolute atomic E-state index is 0.0864.